The predicted molar refractivity (Wildman–Crippen MR) is 106 cm³/mol. The van der Waals surface area contributed by atoms with Gasteiger partial charge in [0.15, 0.2) is 5.76 Å². The maximum absolute atomic E-state index is 12.3. The third-order valence-electron chi connectivity index (χ3n) is 4.13. The van der Waals surface area contributed by atoms with E-state index < -0.39 is 21.8 Å². The monoisotopic (exact) mass is 411 g/mol. The molecule has 0 aliphatic heterocycles. The van der Waals surface area contributed by atoms with E-state index >= 15 is 0 Å². The molecule has 2 amide bonds. The second-order valence-electron chi connectivity index (χ2n) is 6.01. The smallest absolute Gasteiger partial charge is 0.305 e. The molecule has 0 spiro atoms. The van der Waals surface area contributed by atoms with Gasteiger partial charge in [0, 0.05) is 16.5 Å². The van der Waals surface area contributed by atoms with E-state index in [1.807, 2.05) is 12.1 Å². The van der Waals surface area contributed by atoms with Gasteiger partial charge in [-0.15, -0.1) is 6.42 Å². The number of furan rings is 1. The number of benzene rings is 2. The van der Waals surface area contributed by atoms with Crippen LogP contribution in [-0.4, -0.2) is 26.8 Å². The van der Waals surface area contributed by atoms with Gasteiger partial charge in [0.2, 0.25) is 10.0 Å². The van der Waals surface area contributed by atoms with Crippen LogP contribution in [0.2, 0.25) is 0 Å². The molecule has 0 fully saturated rings. The zero-order valence-corrected chi connectivity index (χ0v) is 16.2. The van der Waals surface area contributed by atoms with Crippen LogP contribution in [0.15, 0.2) is 57.8 Å². The van der Waals surface area contributed by atoms with Crippen molar-refractivity contribution in [3.8, 4) is 12.3 Å². The van der Waals surface area contributed by atoms with E-state index in [-0.39, 0.29) is 22.8 Å². The van der Waals surface area contributed by atoms with E-state index in [1.165, 1.54) is 24.3 Å². The summed E-state index contributed by atoms with van der Waals surface area (Å²) in [6, 6.07) is 12.4. The molecule has 3 rings (SSSR count). The number of sulfonamides is 1. The minimum Gasteiger partial charge on any atom is -0.451 e. The van der Waals surface area contributed by atoms with Gasteiger partial charge in [-0.25, -0.2) is 8.42 Å². The summed E-state index contributed by atoms with van der Waals surface area (Å²) in [5.74, 6) is 1.04. The number of terminal acetylenes is 1. The fraction of sp³-hybridized carbons (Fsp3) is 0.100. The van der Waals surface area contributed by atoms with Gasteiger partial charge in [0.25, 0.3) is 5.91 Å². The standard InChI is InChI=1S/C20H17N3O5S/c1-3-12-21-29(26,27)15-10-8-14(9-11-15)19(24)22-23-20(25)18-13(2)16-6-4-5-7-17(16)28-18/h1,4-11,21H,12H2,2H3,(H,22,24)(H,23,25). The molecule has 9 heteroatoms. The van der Waals surface area contributed by atoms with Crippen molar-refractivity contribution in [1.29, 1.82) is 0 Å². The number of carbonyl (C=O) groups is 2. The molecule has 1 aromatic heterocycles. The summed E-state index contributed by atoms with van der Waals surface area (Å²) >= 11 is 0. The molecule has 148 valence electrons. The fourth-order valence-electron chi connectivity index (χ4n) is 2.64. The summed E-state index contributed by atoms with van der Waals surface area (Å²) in [5, 5.41) is 0.805. The molecule has 0 bridgehead atoms. The Balaban J connectivity index is 1.66. The second-order valence-corrected chi connectivity index (χ2v) is 7.78. The third-order valence-corrected chi connectivity index (χ3v) is 5.55. The quantitative estimate of drug-likeness (QED) is 0.437. The number of amides is 2. The van der Waals surface area contributed by atoms with E-state index in [1.54, 1.807) is 19.1 Å². The molecule has 0 unspecified atom stereocenters. The largest absolute Gasteiger partial charge is 0.451 e. The summed E-state index contributed by atoms with van der Waals surface area (Å²) in [6.45, 7) is 1.60. The van der Waals surface area contributed by atoms with Crippen molar-refractivity contribution in [2.45, 2.75) is 11.8 Å². The van der Waals surface area contributed by atoms with Crippen molar-refractivity contribution < 1.29 is 22.4 Å². The van der Waals surface area contributed by atoms with Crippen molar-refractivity contribution in [2.75, 3.05) is 6.54 Å². The first kappa shape index (κ1) is 20.1. The lowest BCUT2D eigenvalue weighted by molar-refractivity contribution is 0.0831. The zero-order chi connectivity index (χ0) is 21.0. The van der Waals surface area contributed by atoms with Crippen LogP contribution in [0.1, 0.15) is 26.5 Å². The average molecular weight is 411 g/mol. The Labute approximate surface area is 167 Å². The van der Waals surface area contributed by atoms with E-state index in [0.29, 0.717) is 11.1 Å². The number of nitrogens with one attached hydrogen (secondary N) is 3. The van der Waals surface area contributed by atoms with Crippen molar-refractivity contribution in [1.82, 2.24) is 15.6 Å². The minimum absolute atomic E-state index is 0.0359. The van der Waals surface area contributed by atoms with Gasteiger partial charge in [-0.2, -0.15) is 4.72 Å². The van der Waals surface area contributed by atoms with Gasteiger partial charge in [-0.3, -0.25) is 20.4 Å². The highest BCUT2D eigenvalue weighted by Gasteiger charge is 2.18. The number of para-hydroxylation sites is 1. The zero-order valence-electron chi connectivity index (χ0n) is 15.4. The number of fused-ring (bicyclic) bond motifs is 1. The van der Waals surface area contributed by atoms with Crippen molar-refractivity contribution in [3.05, 3.63) is 65.4 Å². The number of carbonyl (C=O) groups excluding carboxylic acids is 2. The number of aryl methyl sites for hydroxylation is 1. The Kier molecular flexibility index (Phi) is 5.68. The first-order valence-electron chi connectivity index (χ1n) is 8.45. The first-order chi connectivity index (χ1) is 13.8. The van der Waals surface area contributed by atoms with Gasteiger partial charge in [-0.1, -0.05) is 24.1 Å². The topological polar surface area (TPSA) is 118 Å². The first-order valence-corrected chi connectivity index (χ1v) is 9.94. The van der Waals surface area contributed by atoms with Gasteiger partial charge in [-0.05, 0) is 37.3 Å². The molecule has 29 heavy (non-hydrogen) atoms. The highest BCUT2D eigenvalue weighted by atomic mass is 32.2. The lowest BCUT2D eigenvalue weighted by Crippen LogP contribution is -2.41. The molecule has 3 aromatic rings. The molecule has 8 nitrogen and oxygen atoms in total. The Bertz CT molecular complexity index is 1220. The summed E-state index contributed by atoms with van der Waals surface area (Å²) in [6.07, 6.45) is 5.04. The maximum Gasteiger partial charge on any atom is 0.305 e. The van der Waals surface area contributed by atoms with Crippen LogP contribution in [0, 0.1) is 19.3 Å². The Morgan fingerprint density at radius 1 is 1.03 bits per heavy atom. The van der Waals surface area contributed by atoms with E-state index in [9.17, 15) is 18.0 Å². The van der Waals surface area contributed by atoms with Crippen molar-refractivity contribution in [3.63, 3.8) is 0 Å². The maximum atomic E-state index is 12.3. The molecule has 1 heterocycles. The summed E-state index contributed by atoms with van der Waals surface area (Å²) in [4.78, 5) is 24.5. The van der Waals surface area contributed by atoms with Gasteiger partial charge in [0.05, 0.1) is 11.4 Å². The van der Waals surface area contributed by atoms with Gasteiger partial charge in [0.1, 0.15) is 5.58 Å². The molecular weight excluding hydrogens is 394 g/mol. The van der Waals surface area contributed by atoms with Crippen LogP contribution in [0.25, 0.3) is 11.0 Å². The summed E-state index contributed by atoms with van der Waals surface area (Å²) in [7, 11) is -3.75. The number of hydrazine groups is 1. The van der Waals surface area contributed by atoms with Crippen LogP contribution in [0.5, 0.6) is 0 Å². The average Bonchev–Trinajstić information content (AvgIpc) is 3.07. The molecule has 0 saturated carbocycles. The Morgan fingerprint density at radius 2 is 1.69 bits per heavy atom. The van der Waals surface area contributed by atoms with E-state index in [0.717, 1.165) is 5.39 Å². The normalized spacial score (nSPS) is 11.0. The van der Waals surface area contributed by atoms with Crippen LogP contribution >= 0.6 is 0 Å². The highest BCUT2D eigenvalue weighted by Crippen LogP contribution is 2.24. The van der Waals surface area contributed by atoms with Crippen LogP contribution in [0.3, 0.4) is 0 Å². The molecule has 0 saturated heterocycles. The second kappa shape index (κ2) is 8.18. The van der Waals surface area contributed by atoms with Crippen molar-refractivity contribution in [2.24, 2.45) is 0 Å². The molecule has 0 aliphatic carbocycles. The van der Waals surface area contributed by atoms with Crippen LogP contribution in [0.4, 0.5) is 0 Å². The summed E-state index contributed by atoms with van der Waals surface area (Å²) in [5.41, 5.74) is 5.93. The van der Waals surface area contributed by atoms with Crippen molar-refractivity contribution >= 4 is 32.8 Å². The number of hydrogen-bond acceptors (Lipinski definition) is 5. The minimum atomic E-state index is -3.75. The molecule has 0 radical (unpaired) electrons. The fourth-order valence-corrected chi connectivity index (χ4v) is 3.57. The molecule has 0 aliphatic rings. The molecule has 3 N–H and O–H groups in total. The Morgan fingerprint density at radius 3 is 2.34 bits per heavy atom. The molecular formula is C20H17N3O5S. The van der Waals surface area contributed by atoms with Crippen LogP contribution < -0.4 is 15.6 Å². The molecule has 2 aromatic carbocycles. The SMILES string of the molecule is C#CCNS(=O)(=O)c1ccc(C(=O)NNC(=O)c2oc3ccccc3c2C)cc1. The number of hydrogen-bond donors (Lipinski definition) is 3. The third kappa shape index (κ3) is 4.29. The number of rotatable bonds is 5. The predicted octanol–water partition coefficient (Wildman–Crippen LogP) is 1.73. The van der Waals surface area contributed by atoms with Gasteiger partial charge >= 0.3 is 5.91 Å². The highest BCUT2D eigenvalue weighted by molar-refractivity contribution is 7.89. The summed E-state index contributed by atoms with van der Waals surface area (Å²) < 4.78 is 31.7. The van der Waals surface area contributed by atoms with Gasteiger partial charge < -0.3 is 4.42 Å². The molecule has 0 atom stereocenters. The van der Waals surface area contributed by atoms with E-state index in [2.05, 4.69) is 21.5 Å². The van der Waals surface area contributed by atoms with E-state index in [4.69, 9.17) is 10.8 Å². The van der Waals surface area contributed by atoms with Crippen LogP contribution in [-0.2, 0) is 10.0 Å². The Hall–Kier alpha value is -3.61. The lowest BCUT2D eigenvalue weighted by Gasteiger charge is -2.08. The lowest BCUT2D eigenvalue weighted by atomic mass is 10.1.